The first-order valence-corrected chi connectivity index (χ1v) is 4.24. The summed E-state index contributed by atoms with van der Waals surface area (Å²) in [5.74, 6) is 0.253. The first-order valence-electron chi connectivity index (χ1n) is 4.24. The van der Waals surface area contributed by atoms with Crippen LogP contribution >= 0.6 is 0 Å². The second kappa shape index (κ2) is 4.50. The molecule has 0 aliphatic heterocycles. The van der Waals surface area contributed by atoms with Crippen molar-refractivity contribution in [1.29, 1.82) is 0 Å². The van der Waals surface area contributed by atoms with E-state index in [1.54, 1.807) is 12.1 Å². The molecule has 1 aromatic carbocycles. The van der Waals surface area contributed by atoms with E-state index in [1.807, 2.05) is 19.1 Å². The Morgan fingerprint density at radius 1 is 1.31 bits per heavy atom. The summed E-state index contributed by atoms with van der Waals surface area (Å²) in [5.41, 5.74) is 1.78. The molecule has 0 spiro atoms. The molecular weight excluding hydrogens is 166 g/mol. The van der Waals surface area contributed by atoms with Crippen LogP contribution in [0.15, 0.2) is 29.4 Å². The summed E-state index contributed by atoms with van der Waals surface area (Å²) in [6.45, 7) is 1.94. The number of phenolic OH excluding ortho intramolecular Hbond substituents is 1. The summed E-state index contributed by atoms with van der Waals surface area (Å²) in [7, 11) is 0. The maximum atomic E-state index is 9.03. The highest BCUT2D eigenvalue weighted by molar-refractivity contribution is 5.85. The molecule has 1 aromatic rings. The lowest BCUT2D eigenvalue weighted by molar-refractivity contribution is 0.317. The first-order chi connectivity index (χ1) is 6.26. The average molecular weight is 179 g/mol. The number of hydrogen-bond acceptors (Lipinski definition) is 3. The molecule has 13 heavy (non-hydrogen) atoms. The molecule has 0 fully saturated rings. The third-order valence-electron chi connectivity index (χ3n) is 1.89. The number of rotatable bonds is 3. The van der Waals surface area contributed by atoms with Crippen molar-refractivity contribution in [2.24, 2.45) is 5.16 Å². The van der Waals surface area contributed by atoms with Gasteiger partial charge in [-0.25, -0.2) is 0 Å². The lowest BCUT2D eigenvalue weighted by Crippen LogP contribution is -2.00. The highest BCUT2D eigenvalue weighted by atomic mass is 16.4. The summed E-state index contributed by atoms with van der Waals surface area (Å²) in [6, 6.07) is 6.88. The minimum absolute atomic E-state index is 0.253. The van der Waals surface area contributed by atoms with Crippen molar-refractivity contribution < 1.29 is 10.3 Å². The van der Waals surface area contributed by atoms with Crippen LogP contribution in [0.2, 0.25) is 0 Å². The van der Waals surface area contributed by atoms with Crippen molar-refractivity contribution in [3.63, 3.8) is 0 Å². The van der Waals surface area contributed by atoms with Gasteiger partial charge in [-0.2, -0.15) is 0 Å². The fourth-order valence-corrected chi connectivity index (χ4v) is 1.08. The number of phenols is 1. The predicted octanol–water partition coefficient (Wildman–Crippen LogP) is 2.17. The third kappa shape index (κ3) is 2.78. The summed E-state index contributed by atoms with van der Waals surface area (Å²) in [6.07, 6.45) is 1.37. The van der Waals surface area contributed by atoms with Crippen LogP contribution in [0.3, 0.4) is 0 Å². The lowest BCUT2D eigenvalue weighted by Gasteiger charge is -2.01. The van der Waals surface area contributed by atoms with E-state index in [0.29, 0.717) is 6.42 Å². The molecule has 0 bridgehead atoms. The fourth-order valence-electron chi connectivity index (χ4n) is 1.08. The van der Waals surface area contributed by atoms with Crippen molar-refractivity contribution in [3.05, 3.63) is 29.8 Å². The molecule has 70 valence electrons. The van der Waals surface area contributed by atoms with Crippen molar-refractivity contribution in [2.75, 3.05) is 0 Å². The summed E-state index contributed by atoms with van der Waals surface area (Å²) in [4.78, 5) is 0. The van der Waals surface area contributed by atoms with Crippen molar-refractivity contribution >= 4 is 5.71 Å². The molecule has 0 radical (unpaired) electrons. The van der Waals surface area contributed by atoms with Crippen LogP contribution in [0.4, 0.5) is 0 Å². The van der Waals surface area contributed by atoms with Gasteiger partial charge >= 0.3 is 0 Å². The quantitative estimate of drug-likeness (QED) is 0.424. The zero-order valence-electron chi connectivity index (χ0n) is 7.57. The van der Waals surface area contributed by atoms with Crippen LogP contribution in [0.1, 0.15) is 18.9 Å². The highest BCUT2D eigenvalue weighted by Crippen LogP contribution is 2.10. The standard InChI is InChI=1S/C10H13NO2/c1-2-9(11-13)7-8-3-5-10(12)6-4-8/h3-6,12-13H,2,7H2,1H3. The lowest BCUT2D eigenvalue weighted by atomic mass is 10.1. The first kappa shape index (κ1) is 9.58. The fraction of sp³-hybridized carbons (Fsp3) is 0.300. The van der Waals surface area contributed by atoms with Gasteiger partial charge in [-0.1, -0.05) is 24.2 Å². The Morgan fingerprint density at radius 3 is 2.38 bits per heavy atom. The van der Waals surface area contributed by atoms with Crippen molar-refractivity contribution in [2.45, 2.75) is 19.8 Å². The van der Waals surface area contributed by atoms with E-state index in [-0.39, 0.29) is 5.75 Å². The summed E-state index contributed by atoms with van der Waals surface area (Å²) < 4.78 is 0. The number of aromatic hydroxyl groups is 1. The van der Waals surface area contributed by atoms with Gasteiger partial charge in [0.2, 0.25) is 0 Å². The van der Waals surface area contributed by atoms with E-state index in [0.717, 1.165) is 17.7 Å². The Labute approximate surface area is 77.3 Å². The van der Waals surface area contributed by atoms with E-state index >= 15 is 0 Å². The predicted molar refractivity (Wildman–Crippen MR) is 51.3 cm³/mol. The van der Waals surface area contributed by atoms with Crippen LogP contribution in [0, 0.1) is 0 Å². The second-order valence-electron chi connectivity index (χ2n) is 2.86. The van der Waals surface area contributed by atoms with Crippen LogP contribution in [0.25, 0.3) is 0 Å². The largest absolute Gasteiger partial charge is 0.508 e. The molecule has 3 heteroatoms. The van der Waals surface area contributed by atoms with Gasteiger partial charge in [-0.05, 0) is 24.1 Å². The second-order valence-corrected chi connectivity index (χ2v) is 2.86. The number of benzene rings is 1. The summed E-state index contributed by atoms with van der Waals surface area (Å²) in [5, 5.41) is 20.8. The Hall–Kier alpha value is -1.51. The molecule has 2 N–H and O–H groups in total. The van der Waals surface area contributed by atoms with Crippen LogP contribution in [-0.4, -0.2) is 16.0 Å². The molecule has 0 aliphatic rings. The smallest absolute Gasteiger partial charge is 0.115 e. The van der Waals surface area contributed by atoms with E-state index in [2.05, 4.69) is 5.16 Å². The molecule has 0 saturated carbocycles. The molecule has 0 aromatic heterocycles. The highest BCUT2D eigenvalue weighted by Gasteiger charge is 1.99. The number of nitrogens with zero attached hydrogens (tertiary/aromatic N) is 1. The van der Waals surface area contributed by atoms with Gasteiger partial charge in [0.05, 0.1) is 5.71 Å². The molecule has 0 aliphatic carbocycles. The molecule has 0 atom stereocenters. The Bertz CT molecular complexity index is 290. The van der Waals surface area contributed by atoms with Gasteiger partial charge < -0.3 is 10.3 Å². The normalized spacial score (nSPS) is 11.6. The average Bonchev–Trinajstić information content (AvgIpc) is 2.17. The molecule has 0 amide bonds. The minimum atomic E-state index is 0.253. The molecule has 1 rings (SSSR count). The maximum Gasteiger partial charge on any atom is 0.115 e. The van der Waals surface area contributed by atoms with E-state index in [9.17, 15) is 0 Å². The van der Waals surface area contributed by atoms with Gasteiger partial charge in [0.15, 0.2) is 0 Å². The Balaban J connectivity index is 2.69. The van der Waals surface area contributed by atoms with E-state index in [4.69, 9.17) is 10.3 Å². The maximum absolute atomic E-state index is 9.03. The molecule has 0 heterocycles. The van der Waals surface area contributed by atoms with Crippen LogP contribution in [-0.2, 0) is 6.42 Å². The van der Waals surface area contributed by atoms with Gasteiger partial charge in [-0.15, -0.1) is 0 Å². The van der Waals surface area contributed by atoms with Gasteiger partial charge in [0, 0.05) is 6.42 Å². The molecular formula is C10H13NO2. The third-order valence-corrected chi connectivity index (χ3v) is 1.89. The monoisotopic (exact) mass is 179 g/mol. The van der Waals surface area contributed by atoms with Crippen molar-refractivity contribution in [1.82, 2.24) is 0 Å². The molecule has 3 nitrogen and oxygen atoms in total. The molecule has 0 unspecified atom stereocenters. The molecule has 0 saturated heterocycles. The summed E-state index contributed by atoms with van der Waals surface area (Å²) >= 11 is 0. The topological polar surface area (TPSA) is 52.8 Å². The zero-order valence-corrected chi connectivity index (χ0v) is 7.57. The van der Waals surface area contributed by atoms with Crippen LogP contribution in [0.5, 0.6) is 5.75 Å². The zero-order chi connectivity index (χ0) is 9.68. The SMILES string of the molecule is CCC(Cc1ccc(O)cc1)=NO. The van der Waals surface area contributed by atoms with Crippen LogP contribution < -0.4 is 0 Å². The van der Waals surface area contributed by atoms with Crippen molar-refractivity contribution in [3.8, 4) is 5.75 Å². The number of hydrogen-bond donors (Lipinski definition) is 2. The van der Waals surface area contributed by atoms with E-state index < -0.39 is 0 Å². The van der Waals surface area contributed by atoms with Gasteiger partial charge in [-0.3, -0.25) is 0 Å². The Kier molecular flexibility index (Phi) is 3.31. The minimum Gasteiger partial charge on any atom is -0.508 e. The van der Waals surface area contributed by atoms with Gasteiger partial charge in [0.25, 0.3) is 0 Å². The number of oxime groups is 1. The van der Waals surface area contributed by atoms with E-state index in [1.165, 1.54) is 0 Å². The van der Waals surface area contributed by atoms with Gasteiger partial charge in [0.1, 0.15) is 5.75 Å². The Morgan fingerprint density at radius 2 is 1.92 bits per heavy atom.